The molecule has 0 bridgehead atoms. The second-order valence-electron chi connectivity index (χ2n) is 6.01. The van der Waals surface area contributed by atoms with E-state index in [0.717, 1.165) is 16.1 Å². The summed E-state index contributed by atoms with van der Waals surface area (Å²) in [7, 11) is -2.25. The molecule has 1 N–H and O–H groups in total. The minimum absolute atomic E-state index is 0.309. The van der Waals surface area contributed by atoms with Crippen molar-refractivity contribution in [2.45, 2.75) is 19.9 Å². The van der Waals surface area contributed by atoms with Crippen molar-refractivity contribution in [3.63, 3.8) is 0 Å². The van der Waals surface area contributed by atoms with E-state index in [-0.39, 0.29) is 0 Å². The van der Waals surface area contributed by atoms with Crippen LogP contribution in [0.15, 0.2) is 36.4 Å². The number of hydrogen-bond acceptors (Lipinski definition) is 4. The quantitative estimate of drug-likeness (QED) is 0.747. The van der Waals surface area contributed by atoms with Crippen LogP contribution in [0.3, 0.4) is 0 Å². The molecular formula is C18H20Cl2N2O4S. The number of halogens is 2. The highest BCUT2D eigenvalue weighted by Crippen LogP contribution is 2.29. The van der Waals surface area contributed by atoms with Gasteiger partial charge in [-0.25, -0.2) is 8.42 Å². The van der Waals surface area contributed by atoms with Gasteiger partial charge in [-0.2, -0.15) is 0 Å². The van der Waals surface area contributed by atoms with Crippen molar-refractivity contribution in [2.24, 2.45) is 0 Å². The highest BCUT2D eigenvalue weighted by molar-refractivity contribution is 7.92. The lowest BCUT2D eigenvalue weighted by atomic mass is 10.2. The van der Waals surface area contributed by atoms with Crippen molar-refractivity contribution < 1.29 is 17.9 Å². The Balaban J connectivity index is 2.32. The summed E-state index contributed by atoms with van der Waals surface area (Å²) in [4.78, 5) is 12.7. The second kappa shape index (κ2) is 8.37. The lowest BCUT2D eigenvalue weighted by Gasteiger charge is -2.28. The topological polar surface area (TPSA) is 75.7 Å². The van der Waals surface area contributed by atoms with Gasteiger partial charge in [-0.3, -0.25) is 9.10 Å². The van der Waals surface area contributed by atoms with E-state index in [0.29, 0.717) is 27.2 Å². The fraction of sp³-hybridized carbons (Fsp3) is 0.278. The second-order valence-corrected chi connectivity index (χ2v) is 8.68. The first-order valence-corrected chi connectivity index (χ1v) is 10.5. The van der Waals surface area contributed by atoms with Gasteiger partial charge in [-0.05, 0) is 49.7 Å². The molecule has 0 aliphatic heterocycles. The lowest BCUT2D eigenvalue weighted by molar-refractivity contribution is -0.116. The van der Waals surface area contributed by atoms with E-state index in [1.807, 2.05) is 0 Å². The Morgan fingerprint density at radius 2 is 1.81 bits per heavy atom. The molecule has 9 heteroatoms. The Bertz CT molecular complexity index is 964. The van der Waals surface area contributed by atoms with Gasteiger partial charge in [0, 0.05) is 10.7 Å². The maximum Gasteiger partial charge on any atom is 0.247 e. The van der Waals surface area contributed by atoms with Crippen molar-refractivity contribution in [1.82, 2.24) is 0 Å². The summed E-state index contributed by atoms with van der Waals surface area (Å²) in [6.07, 6.45) is 1.04. The van der Waals surface area contributed by atoms with E-state index < -0.39 is 22.0 Å². The summed E-state index contributed by atoms with van der Waals surface area (Å²) < 4.78 is 30.8. The number of amides is 1. The molecule has 1 unspecified atom stereocenters. The molecule has 0 saturated heterocycles. The fourth-order valence-electron chi connectivity index (χ4n) is 2.52. The maximum absolute atomic E-state index is 12.7. The third-order valence-corrected chi connectivity index (χ3v) is 5.86. The smallest absolute Gasteiger partial charge is 0.247 e. The number of aryl methyl sites for hydroxylation is 1. The number of benzene rings is 2. The van der Waals surface area contributed by atoms with Crippen LogP contribution in [-0.4, -0.2) is 33.7 Å². The summed E-state index contributed by atoms with van der Waals surface area (Å²) in [6.45, 7) is 3.30. The molecule has 0 radical (unpaired) electrons. The standard InChI is InChI=1S/C18H20Cl2N2O4S/c1-11-5-7-14(10-15(11)19)22(27(4,24)25)12(2)18(23)21-13-6-8-17(26-3)16(20)9-13/h5-10,12H,1-4H3,(H,21,23). The first-order valence-electron chi connectivity index (χ1n) is 7.94. The number of sulfonamides is 1. The summed E-state index contributed by atoms with van der Waals surface area (Å²) >= 11 is 12.2. The molecule has 2 rings (SSSR count). The molecule has 0 aliphatic rings. The molecule has 1 amide bonds. The first kappa shape index (κ1) is 21.3. The van der Waals surface area contributed by atoms with Crippen LogP contribution in [0, 0.1) is 6.92 Å². The van der Waals surface area contributed by atoms with Gasteiger partial charge in [0.2, 0.25) is 15.9 Å². The largest absolute Gasteiger partial charge is 0.495 e. The van der Waals surface area contributed by atoms with Crippen molar-refractivity contribution >= 4 is 50.5 Å². The number of nitrogens with zero attached hydrogens (tertiary/aromatic N) is 1. The predicted octanol–water partition coefficient (Wildman–Crippen LogP) is 4.10. The van der Waals surface area contributed by atoms with Crippen molar-refractivity contribution in [2.75, 3.05) is 23.0 Å². The number of hydrogen-bond donors (Lipinski definition) is 1. The highest BCUT2D eigenvalue weighted by atomic mass is 35.5. The molecule has 27 heavy (non-hydrogen) atoms. The highest BCUT2D eigenvalue weighted by Gasteiger charge is 2.29. The molecule has 146 valence electrons. The maximum atomic E-state index is 12.7. The number of rotatable bonds is 6. The Morgan fingerprint density at radius 3 is 2.33 bits per heavy atom. The van der Waals surface area contributed by atoms with Gasteiger partial charge < -0.3 is 10.1 Å². The SMILES string of the molecule is COc1ccc(NC(=O)C(C)N(c2ccc(C)c(Cl)c2)S(C)(=O)=O)cc1Cl. The Hall–Kier alpha value is -1.96. The third-order valence-electron chi connectivity index (χ3n) is 3.92. The molecule has 2 aromatic carbocycles. The number of nitrogens with one attached hydrogen (secondary N) is 1. The van der Waals surface area contributed by atoms with Crippen LogP contribution in [0.2, 0.25) is 10.0 Å². The third kappa shape index (κ3) is 5.06. The lowest BCUT2D eigenvalue weighted by Crippen LogP contribution is -2.45. The van der Waals surface area contributed by atoms with Crippen LogP contribution in [-0.2, 0) is 14.8 Å². The van der Waals surface area contributed by atoms with E-state index in [1.54, 1.807) is 31.2 Å². The summed E-state index contributed by atoms with van der Waals surface area (Å²) in [5.74, 6) is -0.0480. The van der Waals surface area contributed by atoms with E-state index >= 15 is 0 Å². The Kier molecular flexibility index (Phi) is 6.62. The van der Waals surface area contributed by atoms with E-state index in [9.17, 15) is 13.2 Å². The molecule has 0 aliphatic carbocycles. The number of ether oxygens (including phenoxy) is 1. The molecular weight excluding hydrogens is 411 g/mol. The average molecular weight is 431 g/mol. The summed E-state index contributed by atoms with van der Waals surface area (Å²) in [6, 6.07) is 8.56. The molecule has 0 saturated carbocycles. The normalized spacial score (nSPS) is 12.4. The fourth-order valence-corrected chi connectivity index (χ4v) is 4.12. The number of methoxy groups -OCH3 is 1. The van der Waals surface area contributed by atoms with Crippen molar-refractivity contribution in [1.29, 1.82) is 0 Å². The zero-order valence-corrected chi connectivity index (χ0v) is 17.6. The predicted molar refractivity (Wildman–Crippen MR) is 110 cm³/mol. The van der Waals surface area contributed by atoms with Crippen LogP contribution < -0.4 is 14.4 Å². The van der Waals surface area contributed by atoms with Gasteiger partial charge in [0.1, 0.15) is 11.8 Å². The van der Waals surface area contributed by atoms with Crippen molar-refractivity contribution in [3.8, 4) is 5.75 Å². The molecule has 0 spiro atoms. The van der Waals surface area contributed by atoms with Crippen LogP contribution in [0.25, 0.3) is 0 Å². The van der Waals surface area contributed by atoms with Gasteiger partial charge in [0.05, 0.1) is 24.1 Å². The zero-order valence-electron chi connectivity index (χ0n) is 15.3. The number of carbonyl (C=O) groups excluding carboxylic acids is 1. The molecule has 2 aromatic rings. The Labute approximate surface area is 169 Å². The van der Waals surface area contributed by atoms with Gasteiger partial charge in [-0.1, -0.05) is 29.3 Å². The van der Waals surface area contributed by atoms with Crippen molar-refractivity contribution in [3.05, 3.63) is 52.0 Å². The molecule has 0 heterocycles. The summed E-state index contributed by atoms with van der Waals surface area (Å²) in [5.41, 5.74) is 1.54. The average Bonchev–Trinajstić information content (AvgIpc) is 2.57. The minimum Gasteiger partial charge on any atom is -0.495 e. The Morgan fingerprint density at radius 1 is 1.15 bits per heavy atom. The molecule has 6 nitrogen and oxygen atoms in total. The van der Waals surface area contributed by atoms with E-state index in [2.05, 4.69) is 5.32 Å². The molecule has 0 aromatic heterocycles. The first-order chi connectivity index (χ1) is 12.5. The van der Waals surface area contributed by atoms with Crippen LogP contribution in [0.4, 0.5) is 11.4 Å². The van der Waals surface area contributed by atoms with E-state index in [1.165, 1.54) is 26.2 Å². The minimum atomic E-state index is -3.74. The van der Waals surface area contributed by atoms with Crippen LogP contribution >= 0.6 is 23.2 Å². The van der Waals surface area contributed by atoms with Gasteiger partial charge in [0.25, 0.3) is 0 Å². The monoisotopic (exact) mass is 430 g/mol. The van der Waals surface area contributed by atoms with E-state index in [4.69, 9.17) is 27.9 Å². The number of anilines is 2. The van der Waals surface area contributed by atoms with Gasteiger partial charge in [-0.15, -0.1) is 0 Å². The van der Waals surface area contributed by atoms with Gasteiger partial charge >= 0.3 is 0 Å². The summed E-state index contributed by atoms with van der Waals surface area (Å²) in [5, 5.41) is 3.40. The van der Waals surface area contributed by atoms with Crippen LogP contribution in [0.5, 0.6) is 5.75 Å². The molecule has 1 atom stereocenters. The number of carbonyl (C=O) groups is 1. The zero-order chi connectivity index (χ0) is 20.4. The van der Waals surface area contributed by atoms with Crippen LogP contribution in [0.1, 0.15) is 12.5 Å². The molecule has 0 fully saturated rings. The van der Waals surface area contributed by atoms with Gasteiger partial charge in [0.15, 0.2) is 0 Å².